The standard InChI is InChI=1S/C8H18NO3/c10-5-1-9(2-6-11)3-7-12-8-4-9/h10-11H,1-8H2/q+1. The van der Waals surface area contributed by atoms with E-state index in [9.17, 15) is 0 Å². The molecule has 12 heavy (non-hydrogen) atoms. The summed E-state index contributed by atoms with van der Waals surface area (Å²) in [6, 6.07) is 0. The number of nitrogens with zero attached hydrogens (tertiary/aromatic N) is 1. The number of quaternary nitrogens is 1. The zero-order valence-corrected chi connectivity index (χ0v) is 7.41. The van der Waals surface area contributed by atoms with Crippen molar-refractivity contribution in [2.75, 3.05) is 52.6 Å². The van der Waals surface area contributed by atoms with Crippen molar-refractivity contribution in [2.45, 2.75) is 0 Å². The van der Waals surface area contributed by atoms with Gasteiger partial charge in [0.05, 0.1) is 26.4 Å². The molecule has 1 aliphatic rings. The minimum Gasteiger partial charge on any atom is -0.391 e. The van der Waals surface area contributed by atoms with E-state index in [-0.39, 0.29) is 13.2 Å². The number of ether oxygens (including phenoxy) is 1. The second kappa shape index (κ2) is 4.77. The van der Waals surface area contributed by atoms with E-state index in [1.54, 1.807) is 0 Å². The Morgan fingerprint density at radius 1 is 1.00 bits per heavy atom. The third-order valence-corrected chi connectivity index (χ3v) is 2.57. The van der Waals surface area contributed by atoms with Crippen molar-refractivity contribution in [2.24, 2.45) is 0 Å². The van der Waals surface area contributed by atoms with Crippen molar-refractivity contribution in [3.05, 3.63) is 0 Å². The molecular formula is C8H18NO3+. The van der Waals surface area contributed by atoms with Crippen LogP contribution in [0, 0.1) is 0 Å². The molecular weight excluding hydrogens is 158 g/mol. The third-order valence-electron chi connectivity index (χ3n) is 2.57. The van der Waals surface area contributed by atoms with Gasteiger partial charge in [-0.05, 0) is 0 Å². The number of aliphatic hydroxyl groups is 2. The quantitative estimate of drug-likeness (QED) is 0.530. The Balaban J connectivity index is 2.44. The summed E-state index contributed by atoms with van der Waals surface area (Å²) in [4.78, 5) is 0. The maximum Gasteiger partial charge on any atom is 0.103 e. The van der Waals surface area contributed by atoms with E-state index < -0.39 is 0 Å². The van der Waals surface area contributed by atoms with E-state index in [4.69, 9.17) is 14.9 Å². The van der Waals surface area contributed by atoms with Gasteiger partial charge in [0.25, 0.3) is 0 Å². The van der Waals surface area contributed by atoms with E-state index in [1.165, 1.54) is 0 Å². The van der Waals surface area contributed by atoms with Gasteiger partial charge in [0.1, 0.15) is 26.2 Å². The van der Waals surface area contributed by atoms with Crippen LogP contribution in [0.1, 0.15) is 0 Å². The molecule has 0 atom stereocenters. The smallest absolute Gasteiger partial charge is 0.103 e. The summed E-state index contributed by atoms with van der Waals surface area (Å²) in [6.07, 6.45) is 0. The Hall–Kier alpha value is -0.160. The van der Waals surface area contributed by atoms with Gasteiger partial charge < -0.3 is 19.4 Å². The molecule has 0 aromatic carbocycles. The van der Waals surface area contributed by atoms with E-state index in [1.807, 2.05) is 0 Å². The largest absolute Gasteiger partial charge is 0.391 e. The van der Waals surface area contributed by atoms with Gasteiger partial charge in [0.2, 0.25) is 0 Å². The highest BCUT2D eigenvalue weighted by Gasteiger charge is 2.28. The lowest BCUT2D eigenvalue weighted by Crippen LogP contribution is -2.57. The summed E-state index contributed by atoms with van der Waals surface area (Å²) in [5.74, 6) is 0. The Labute approximate surface area is 73.0 Å². The maximum atomic E-state index is 8.87. The van der Waals surface area contributed by atoms with Crippen LogP contribution in [0.25, 0.3) is 0 Å². The Morgan fingerprint density at radius 2 is 1.50 bits per heavy atom. The minimum absolute atomic E-state index is 0.194. The molecule has 2 N–H and O–H groups in total. The Bertz CT molecular complexity index is 108. The molecule has 0 spiro atoms. The second-order valence-corrected chi connectivity index (χ2v) is 3.30. The fourth-order valence-electron chi connectivity index (χ4n) is 1.71. The van der Waals surface area contributed by atoms with Crippen molar-refractivity contribution in [3.63, 3.8) is 0 Å². The SMILES string of the molecule is OCC[N+]1(CCO)CCOCC1. The van der Waals surface area contributed by atoms with Crippen LogP contribution in [0.3, 0.4) is 0 Å². The van der Waals surface area contributed by atoms with Gasteiger partial charge in [0.15, 0.2) is 0 Å². The van der Waals surface area contributed by atoms with E-state index in [0.717, 1.165) is 43.9 Å². The minimum atomic E-state index is 0.194. The van der Waals surface area contributed by atoms with Gasteiger partial charge in [0, 0.05) is 0 Å². The first-order chi connectivity index (χ1) is 5.83. The van der Waals surface area contributed by atoms with Gasteiger partial charge in [-0.1, -0.05) is 0 Å². The van der Waals surface area contributed by atoms with Crippen molar-refractivity contribution in [3.8, 4) is 0 Å². The molecule has 1 rings (SSSR count). The summed E-state index contributed by atoms with van der Waals surface area (Å²) in [5, 5.41) is 17.7. The first kappa shape index (κ1) is 9.92. The van der Waals surface area contributed by atoms with Crippen LogP contribution in [0.5, 0.6) is 0 Å². The van der Waals surface area contributed by atoms with Crippen molar-refractivity contribution in [1.29, 1.82) is 0 Å². The fraction of sp³-hybridized carbons (Fsp3) is 1.00. The molecule has 4 nitrogen and oxygen atoms in total. The molecule has 1 aliphatic heterocycles. The summed E-state index contributed by atoms with van der Waals surface area (Å²) >= 11 is 0. The highest BCUT2D eigenvalue weighted by atomic mass is 16.5. The number of morpholine rings is 1. The maximum absolute atomic E-state index is 8.87. The van der Waals surface area contributed by atoms with E-state index in [0.29, 0.717) is 0 Å². The Morgan fingerprint density at radius 3 is 1.92 bits per heavy atom. The first-order valence-electron chi connectivity index (χ1n) is 4.47. The monoisotopic (exact) mass is 176 g/mol. The molecule has 0 aromatic heterocycles. The van der Waals surface area contributed by atoms with Crippen LogP contribution in [-0.4, -0.2) is 67.3 Å². The van der Waals surface area contributed by atoms with E-state index in [2.05, 4.69) is 0 Å². The molecule has 0 unspecified atom stereocenters. The van der Waals surface area contributed by atoms with Crippen LogP contribution >= 0.6 is 0 Å². The lowest BCUT2D eigenvalue weighted by Gasteiger charge is -2.40. The summed E-state index contributed by atoms with van der Waals surface area (Å²) in [7, 11) is 0. The highest BCUT2D eigenvalue weighted by Crippen LogP contribution is 2.09. The van der Waals surface area contributed by atoms with Crippen LogP contribution in [-0.2, 0) is 4.74 Å². The lowest BCUT2D eigenvalue weighted by molar-refractivity contribution is -0.935. The normalized spacial score (nSPS) is 22.5. The van der Waals surface area contributed by atoms with Crippen LogP contribution in [0.15, 0.2) is 0 Å². The molecule has 0 amide bonds. The van der Waals surface area contributed by atoms with Gasteiger partial charge in [-0.25, -0.2) is 0 Å². The Kier molecular flexibility index (Phi) is 3.94. The van der Waals surface area contributed by atoms with Crippen LogP contribution in [0.4, 0.5) is 0 Å². The van der Waals surface area contributed by atoms with Crippen molar-refractivity contribution >= 4 is 0 Å². The summed E-state index contributed by atoms with van der Waals surface area (Å²) in [5.41, 5.74) is 0. The van der Waals surface area contributed by atoms with Crippen molar-refractivity contribution < 1.29 is 19.4 Å². The molecule has 0 radical (unpaired) electrons. The van der Waals surface area contributed by atoms with Gasteiger partial charge in [-0.15, -0.1) is 0 Å². The molecule has 0 saturated carbocycles. The van der Waals surface area contributed by atoms with Gasteiger partial charge >= 0.3 is 0 Å². The van der Waals surface area contributed by atoms with Crippen LogP contribution in [0.2, 0.25) is 0 Å². The summed E-state index contributed by atoms with van der Waals surface area (Å²) < 4.78 is 6.05. The summed E-state index contributed by atoms with van der Waals surface area (Å²) in [6.45, 7) is 5.20. The third kappa shape index (κ3) is 2.42. The molecule has 72 valence electrons. The molecule has 0 aliphatic carbocycles. The zero-order valence-electron chi connectivity index (χ0n) is 7.41. The molecule has 1 saturated heterocycles. The number of rotatable bonds is 4. The molecule has 1 heterocycles. The van der Waals surface area contributed by atoms with Crippen LogP contribution < -0.4 is 0 Å². The molecule has 1 fully saturated rings. The van der Waals surface area contributed by atoms with E-state index >= 15 is 0 Å². The lowest BCUT2D eigenvalue weighted by atomic mass is 10.3. The second-order valence-electron chi connectivity index (χ2n) is 3.30. The zero-order chi connectivity index (χ0) is 8.86. The van der Waals surface area contributed by atoms with Gasteiger partial charge in [-0.2, -0.15) is 0 Å². The van der Waals surface area contributed by atoms with Crippen molar-refractivity contribution in [1.82, 2.24) is 0 Å². The predicted molar refractivity (Wildman–Crippen MR) is 44.7 cm³/mol. The number of hydrogen-bond donors (Lipinski definition) is 2. The average Bonchev–Trinajstić information content (AvgIpc) is 2.07. The predicted octanol–water partition coefficient (Wildman–Crippen LogP) is -1.18. The highest BCUT2D eigenvalue weighted by molar-refractivity contribution is 4.49. The topological polar surface area (TPSA) is 49.7 Å². The molecule has 0 aromatic rings. The van der Waals surface area contributed by atoms with Gasteiger partial charge in [-0.3, -0.25) is 0 Å². The average molecular weight is 176 g/mol. The first-order valence-corrected chi connectivity index (χ1v) is 4.47. The fourth-order valence-corrected chi connectivity index (χ4v) is 1.71. The molecule has 0 bridgehead atoms. The number of aliphatic hydroxyl groups excluding tert-OH is 2. The number of hydrogen-bond acceptors (Lipinski definition) is 3. The molecule has 4 heteroatoms.